The lowest BCUT2D eigenvalue weighted by Crippen LogP contribution is -2.28. The summed E-state index contributed by atoms with van der Waals surface area (Å²) in [6.07, 6.45) is 4.85. The molecule has 0 bridgehead atoms. The number of hydrogen-bond donors (Lipinski definition) is 2. The Bertz CT molecular complexity index is 888. The monoisotopic (exact) mass is 369 g/mol. The van der Waals surface area contributed by atoms with E-state index < -0.39 is 0 Å². The van der Waals surface area contributed by atoms with E-state index in [1.807, 2.05) is 24.3 Å². The van der Waals surface area contributed by atoms with Crippen LogP contribution < -0.4 is 10.6 Å². The van der Waals surface area contributed by atoms with Gasteiger partial charge in [-0.25, -0.2) is 14.5 Å². The predicted molar refractivity (Wildman–Crippen MR) is 93.6 cm³/mol. The van der Waals surface area contributed by atoms with E-state index >= 15 is 0 Å². The molecule has 1 aliphatic heterocycles. The molecule has 2 amide bonds. The number of carbonyl (C=O) groups excluding carboxylic acids is 1. The van der Waals surface area contributed by atoms with Gasteiger partial charge in [-0.05, 0) is 30.5 Å². The maximum absolute atomic E-state index is 12.1. The van der Waals surface area contributed by atoms with Gasteiger partial charge in [0.25, 0.3) is 5.89 Å². The molecule has 1 saturated heterocycles. The fraction of sp³-hybridized carbons (Fsp3) is 0.353. The zero-order valence-electron chi connectivity index (χ0n) is 14.5. The molecule has 4 rings (SSSR count). The SMILES string of the molecule is O=C(NCc1noc(C2CCCO2)n1)Nc1cccc(Cn2cncn2)c1. The van der Waals surface area contributed by atoms with Crippen LogP contribution in [0.4, 0.5) is 10.5 Å². The van der Waals surface area contributed by atoms with Gasteiger partial charge < -0.3 is 19.9 Å². The molecule has 0 spiro atoms. The highest BCUT2D eigenvalue weighted by Crippen LogP contribution is 2.26. The van der Waals surface area contributed by atoms with Gasteiger partial charge in [0.2, 0.25) is 0 Å². The van der Waals surface area contributed by atoms with Crippen LogP contribution in [0.1, 0.15) is 36.2 Å². The fourth-order valence-corrected chi connectivity index (χ4v) is 2.83. The Morgan fingerprint density at radius 1 is 1.37 bits per heavy atom. The molecule has 0 aliphatic carbocycles. The van der Waals surface area contributed by atoms with E-state index in [9.17, 15) is 4.79 Å². The minimum absolute atomic E-state index is 0.132. The summed E-state index contributed by atoms with van der Waals surface area (Å²) in [5, 5.41) is 13.4. The van der Waals surface area contributed by atoms with Gasteiger partial charge in [-0.1, -0.05) is 17.3 Å². The third-order valence-corrected chi connectivity index (χ3v) is 4.09. The molecule has 0 saturated carbocycles. The predicted octanol–water partition coefficient (Wildman–Crippen LogP) is 1.88. The standard InChI is InChI=1S/C17H19N7O3/c25-17(19-8-15-22-16(27-23-15)14-5-2-6-26-14)21-13-4-1-3-12(7-13)9-24-11-18-10-20-24/h1,3-4,7,10-11,14H,2,5-6,8-9H2,(H2,19,21,25). The molecule has 2 N–H and O–H groups in total. The van der Waals surface area contributed by atoms with Crippen LogP contribution in [0.3, 0.4) is 0 Å². The van der Waals surface area contributed by atoms with E-state index in [2.05, 4.69) is 30.9 Å². The molecule has 140 valence electrons. The first-order valence-electron chi connectivity index (χ1n) is 8.66. The second-order valence-electron chi connectivity index (χ2n) is 6.15. The van der Waals surface area contributed by atoms with E-state index in [1.54, 1.807) is 11.0 Å². The van der Waals surface area contributed by atoms with Gasteiger partial charge in [0.15, 0.2) is 5.82 Å². The molecule has 1 atom stereocenters. The Morgan fingerprint density at radius 2 is 2.33 bits per heavy atom. The van der Waals surface area contributed by atoms with Gasteiger partial charge in [0.1, 0.15) is 18.8 Å². The molecule has 3 heterocycles. The Balaban J connectivity index is 1.29. The number of hydrogen-bond acceptors (Lipinski definition) is 7. The van der Waals surface area contributed by atoms with Crippen molar-refractivity contribution in [3.8, 4) is 0 Å². The molecule has 0 radical (unpaired) electrons. The molecule has 10 heteroatoms. The van der Waals surface area contributed by atoms with Crippen molar-refractivity contribution < 1.29 is 14.1 Å². The van der Waals surface area contributed by atoms with Gasteiger partial charge in [-0.15, -0.1) is 0 Å². The summed E-state index contributed by atoms with van der Waals surface area (Å²) in [4.78, 5) is 20.3. The highest BCUT2D eigenvalue weighted by molar-refractivity contribution is 5.89. The highest BCUT2D eigenvalue weighted by atomic mass is 16.5. The molecule has 1 aromatic carbocycles. The van der Waals surface area contributed by atoms with Crippen LogP contribution in [-0.4, -0.2) is 37.5 Å². The Morgan fingerprint density at radius 3 is 3.15 bits per heavy atom. The summed E-state index contributed by atoms with van der Waals surface area (Å²) in [6, 6.07) is 7.17. The van der Waals surface area contributed by atoms with Crippen molar-refractivity contribution in [2.75, 3.05) is 11.9 Å². The Labute approximate surface area is 154 Å². The first kappa shape index (κ1) is 17.2. The number of benzene rings is 1. The molecule has 2 aromatic heterocycles. The van der Waals surface area contributed by atoms with E-state index in [0.717, 1.165) is 18.4 Å². The number of ether oxygens (including phenoxy) is 1. The zero-order valence-corrected chi connectivity index (χ0v) is 14.5. The Kier molecular flexibility index (Phi) is 5.06. The van der Waals surface area contributed by atoms with Gasteiger partial charge >= 0.3 is 6.03 Å². The van der Waals surface area contributed by atoms with Crippen LogP contribution in [0.15, 0.2) is 41.4 Å². The third-order valence-electron chi connectivity index (χ3n) is 4.09. The van der Waals surface area contributed by atoms with Crippen molar-refractivity contribution >= 4 is 11.7 Å². The van der Waals surface area contributed by atoms with E-state index in [4.69, 9.17) is 9.26 Å². The van der Waals surface area contributed by atoms with Crippen molar-refractivity contribution in [1.29, 1.82) is 0 Å². The lowest BCUT2D eigenvalue weighted by Gasteiger charge is -2.08. The summed E-state index contributed by atoms with van der Waals surface area (Å²) in [6.45, 7) is 1.45. The van der Waals surface area contributed by atoms with Crippen molar-refractivity contribution in [3.05, 3.63) is 54.2 Å². The normalized spacial score (nSPS) is 16.4. The summed E-state index contributed by atoms with van der Waals surface area (Å²) >= 11 is 0. The average molecular weight is 369 g/mol. The maximum atomic E-state index is 12.1. The van der Waals surface area contributed by atoms with Crippen molar-refractivity contribution in [3.63, 3.8) is 0 Å². The number of nitrogens with zero attached hydrogens (tertiary/aromatic N) is 5. The number of nitrogens with one attached hydrogen (secondary N) is 2. The summed E-state index contributed by atoms with van der Waals surface area (Å²) in [7, 11) is 0. The number of rotatable bonds is 6. The average Bonchev–Trinajstić information content (AvgIpc) is 3.42. The minimum atomic E-state index is -0.351. The molecule has 1 unspecified atom stereocenters. The number of urea groups is 1. The molecule has 27 heavy (non-hydrogen) atoms. The summed E-state index contributed by atoms with van der Waals surface area (Å²) in [5.41, 5.74) is 1.68. The molecular formula is C17H19N7O3. The highest BCUT2D eigenvalue weighted by Gasteiger charge is 2.23. The van der Waals surface area contributed by atoms with Gasteiger partial charge in [0.05, 0.1) is 13.1 Å². The Hall–Kier alpha value is -3.27. The zero-order chi connectivity index (χ0) is 18.5. The van der Waals surface area contributed by atoms with Crippen LogP contribution in [0, 0.1) is 0 Å². The lowest BCUT2D eigenvalue weighted by molar-refractivity contribution is 0.0835. The number of anilines is 1. The van der Waals surface area contributed by atoms with Crippen LogP contribution >= 0.6 is 0 Å². The molecule has 1 aliphatic rings. The largest absolute Gasteiger partial charge is 0.368 e. The molecular weight excluding hydrogens is 350 g/mol. The molecule has 10 nitrogen and oxygen atoms in total. The van der Waals surface area contributed by atoms with Crippen molar-refractivity contribution in [2.24, 2.45) is 0 Å². The van der Waals surface area contributed by atoms with Gasteiger partial charge in [-0.2, -0.15) is 10.1 Å². The van der Waals surface area contributed by atoms with E-state index in [-0.39, 0.29) is 18.7 Å². The molecule has 3 aromatic rings. The van der Waals surface area contributed by atoms with E-state index in [0.29, 0.717) is 30.6 Å². The topological polar surface area (TPSA) is 120 Å². The minimum Gasteiger partial charge on any atom is -0.368 e. The third kappa shape index (κ3) is 4.47. The van der Waals surface area contributed by atoms with Crippen molar-refractivity contribution in [1.82, 2.24) is 30.2 Å². The first-order chi connectivity index (χ1) is 13.3. The second-order valence-corrected chi connectivity index (χ2v) is 6.15. The second kappa shape index (κ2) is 7.96. The number of carbonyl (C=O) groups is 1. The quantitative estimate of drug-likeness (QED) is 0.680. The van der Waals surface area contributed by atoms with Crippen molar-refractivity contribution in [2.45, 2.75) is 32.0 Å². The van der Waals surface area contributed by atoms with Crippen LogP contribution in [-0.2, 0) is 17.8 Å². The van der Waals surface area contributed by atoms with Gasteiger partial charge in [0, 0.05) is 12.3 Å². The fourth-order valence-electron chi connectivity index (χ4n) is 2.83. The number of aromatic nitrogens is 5. The van der Waals surface area contributed by atoms with Crippen LogP contribution in [0.5, 0.6) is 0 Å². The summed E-state index contributed by atoms with van der Waals surface area (Å²) < 4.78 is 12.4. The molecule has 1 fully saturated rings. The first-order valence-corrected chi connectivity index (χ1v) is 8.66. The van der Waals surface area contributed by atoms with Crippen LogP contribution in [0.2, 0.25) is 0 Å². The van der Waals surface area contributed by atoms with Gasteiger partial charge in [-0.3, -0.25) is 0 Å². The number of amides is 2. The van der Waals surface area contributed by atoms with E-state index in [1.165, 1.54) is 6.33 Å². The lowest BCUT2D eigenvalue weighted by atomic mass is 10.2. The summed E-state index contributed by atoms with van der Waals surface area (Å²) in [5.74, 6) is 0.876. The maximum Gasteiger partial charge on any atom is 0.319 e. The van der Waals surface area contributed by atoms with Crippen LogP contribution in [0.25, 0.3) is 0 Å². The smallest absolute Gasteiger partial charge is 0.319 e.